The number of carbonyl (C=O) groups is 2. The maximum absolute atomic E-state index is 12.9. The number of likely N-dealkylation sites (tertiary alicyclic amines) is 1. The smallest absolute Gasteiger partial charge is 0.224 e. The number of aromatic nitrogens is 2. The molecule has 1 N–H and O–H groups in total. The van der Waals surface area contributed by atoms with E-state index in [-0.39, 0.29) is 23.7 Å². The lowest BCUT2D eigenvalue weighted by atomic mass is 9.80. The van der Waals surface area contributed by atoms with Crippen molar-refractivity contribution < 1.29 is 14.3 Å². The molecule has 2 aliphatic rings. The van der Waals surface area contributed by atoms with Gasteiger partial charge in [0.2, 0.25) is 11.8 Å². The van der Waals surface area contributed by atoms with E-state index in [2.05, 4.69) is 22.5 Å². The number of amides is 2. The van der Waals surface area contributed by atoms with Crippen LogP contribution in [0.15, 0.2) is 60.9 Å². The number of nitrogens with one attached hydrogen (secondary N) is 1. The zero-order valence-electron chi connectivity index (χ0n) is 20.2. The highest BCUT2D eigenvalue weighted by molar-refractivity contribution is 5.93. The molecule has 0 bridgehead atoms. The third-order valence-electron chi connectivity index (χ3n) is 7.20. The van der Waals surface area contributed by atoms with Gasteiger partial charge in [-0.05, 0) is 54.4 Å². The summed E-state index contributed by atoms with van der Waals surface area (Å²) in [6.45, 7) is 1.96. The molecule has 3 heterocycles. The minimum absolute atomic E-state index is 0.00438. The third-order valence-corrected chi connectivity index (χ3v) is 7.20. The van der Waals surface area contributed by atoms with Crippen LogP contribution < -0.4 is 10.1 Å². The topological polar surface area (TPSA) is 76.5 Å². The van der Waals surface area contributed by atoms with Gasteiger partial charge < -0.3 is 15.0 Å². The number of ether oxygens (including phenoxy) is 1. The molecule has 2 aromatic carbocycles. The van der Waals surface area contributed by atoms with Gasteiger partial charge >= 0.3 is 0 Å². The van der Waals surface area contributed by atoms with Gasteiger partial charge in [-0.25, -0.2) is 0 Å². The van der Waals surface area contributed by atoms with Crippen molar-refractivity contribution in [3.63, 3.8) is 0 Å². The number of hydrogen-bond donors (Lipinski definition) is 1. The predicted octanol–water partition coefficient (Wildman–Crippen LogP) is 4.30. The van der Waals surface area contributed by atoms with E-state index in [1.54, 1.807) is 4.68 Å². The lowest BCUT2D eigenvalue weighted by Crippen LogP contribution is -2.45. The van der Waals surface area contributed by atoms with Gasteiger partial charge in [-0.15, -0.1) is 0 Å². The summed E-state index contributed by atoms with van der Waals surface area (Å²) < 4.78 is 7.95. The largest absolute Gasteiger partial charge is 0.491 e. The molecule has 35 heavy (non-hydrogen) atoms. The molecule has 0 unspecified atom stereocenters. The first-order valence-electron chi connectivity index (χ1n) is 12.4. The second-order valence-corrected chi connectivity index (χ2v) is 9.64. The van der Waals surface area contributed by atoms with Crippen molar-refractivity contribution in [1.29, 1.82) is 0 Å². The number of rotatable bonds is 4. The van der Waals surface area contributed by atoms with E-state index in [4.69, 9.17) is 4.74 Å². The van der Waals surface area contributed by atoms with Crippen molar-refractivity contribution >= 4 is 17.5 Å². The molecule has 0 spiro atoms. The first-order chi connectivity index (χ1) is 17.0. The average Bonchev–Trinajstić information content (AvgIpc) is 3.31. The molecule has 5 rings (SSSR count). The van der Waals surface area contributed by atoms with Crippen molar-refractivity contribution in [3.8, 4) is 16.9 Å². The van der Waals surface area contributed by atoms with E-state index >= 15 is 0 Å². The van der Waals surface area contributed by atoms with Crippen LogP contribution in [0.25, 0.3) is 11.1 Å². The number of hydrogen-bond acceptors (Lipinski definition) is 4. The fourth-order valence-electron chi connectivity index (χ4n) is 5.21. The highest BCUT2D eigenvalue weighted by Gasteiger charge is 2.33. The van der Waals surface area contributed by atoms with Gasteiger partial charge in [0.05, 0.1) is 18.5 Å². The summed E-state index contributed by atoms with van der Waals surface area (Å²) in [4.78, 5) is 27.8. The minimum Gasteiger partial charge on any atom is -0.491 e. The Morgan fingerprint density at radius 1 is 1.11 bits per heavy atom. The van der Waals surface area contributed by atoms with Gasteiger partial charge in [-0.3, -0.25) is 14.3 Å². The van der Waals surface area contributed by atoms with E-state index in [9.17, 15) is 9.59 Å². The van der Waals surface area contributed by atoms with Crippen molar-refractivity contribution in [2.75, 3.05) is 25.0 Å². The van der Waals surface area contributed by atoms with Gasteiger partial charge in [0.25, 0.3) is 0 Å². The quantitative estimate of drug-likeness (QED) is 0.614. The van der Waals surface area contributed by atoms with Crippen LogP contribution in [-0.2, 0) is 23.1 Å². The molecule has 7 heteroatoms. The number of carbonyl (C=O) groups excluding carboxylic acids is 2. The predicted molar refractivity (Wildman–Crippen MR) is 135 cm³/mol. The second kappa shape index (κ2) is 10.3. The van der Waals surface area contributed by atoms with Gasteiger partial charge in [-0.1, -0.05) is 36.4 Å². The first kappa shape index (κ1) is 23.1. The summed E-state index contributed by atoms with van der Waals surface area (Å²) >= 11 is 0. The lowest BCUT2D eigenvalue weighted by Gasteiger charge is -2.39. The normalized spacial score (nSPS) is 20.3. The number of benzene rings is 2. The first-order valence-corrected chi connectivity index (χ1v) is 12.4. The highest BCUT2D eigenvalue weighted by Crippen LogP contribution is 2.35. The van der Waals surface area contributed by atoms with E-state index in [1.165, 1.54) is 5.56 Å². The van der Waals surface area contributed by atoms with Crippen LogP contribution in [0.4, 0.5) is 5.69 Å². The fraction of sp³-hybridized carbons (Fsp3) is 0.393. The Bertz CT molecular complexity index is 1190. The molecule has 182 valence electrons. The maximum Gasteiger partial charge on any atom is 0.224 e. The van der Waals surface area contributed by atoms with Crippen molar-refractivity contribution in [2.45, 2.75) is 32.1 Å². The Morgan fingerprint density at radius 2 is 1.97 bits per heavy atom. The Kier molecular flexibility index (Phi) is 6.84. The van der Waals surface area contributed by atoms with Crippen LogP contribution in [0.3, 0.4) is 0 Å². The number of fused-ring (bicyclic) bond motifs is 2. The third kappa shape index (κ3) is 5.56. The fourth-order valence-corrected chi connectivity index (χ4v) is 5.21. The van der Waals surface area contributed by atoms with Gasteiger partial charge in [0, 0.05) is 44.7 Å². The van der Waals surface area contributed by atoms with Crippen LogP contribution in [0.5, 0.6) is 5.75 Å². The van der Waals surface area contributed by atoms with Crippen molar-refractivity contribution in [2.24, 2.45) is 18.9 Å². The Labute approximate surface area is 206 Å². The molecule has 2 atom stereocenters. The number of nitrogens with zero attached hydrogens (tertiary/aromatic N) is 3. The molecule has 1 aromatic heterocycles. The second-order valence-electron chi connectivity index (χ2n) is 9.64. The molecule has 7 nitrogen and oxygen atoms in total. The molecule has 0 aliphatic carbocycles. The van der Waals surface area contributed by atoms with E-state index < -0.39 is 0 Å². The highest BCUT2D eigenvalue weighted by atomic mass is 16.5. The van der Waals surface area contributed by atoms with Crippen LogP contribution in [0, 0.1) is 11.8 Å². The summed E-state index contributed by atoms with van der Waals surface area (Å²) in [5.74, 6) is 1.38. The number of anilines is 1. The Hall–Kier alpha value is -3.61. The number of piperidine rings is 1. The minimum atomic E-state index is 0.00438. The van der Waals surface area contributed by atoms with Crippen LogP contribution in [0.2, 0.25) is 0 Å². The zero-order chi connectivity index (χ0) is 24.2. The molecular weight excluding hydrogens is 440 g/mol. The summed E-state index contributed by atoms with van der Waals surface area (Å²) in [6.07, 6.45) is 7.18. The monoisotopic (exact) mass is 472 g/mol. The van der Waals surface area contributed by atoms with Crippen LogP contribution in [0.1, 0.15) is 31.2 Å². The number of aryl methyl sites for hydroxylation is 2. The lowest BCUT2D eigenvalue weighted by molar-refractivity contribution is -0.134. The van der Waals surface area contributed by atoms with Gasteiger partial charge in [-0.2, -0.15) is 5.10 Å². The van der Waals surface area contributed by atoms with Gasteiger partial charge in [0.1, 0.15) is 5.75 Å². The molecule has 1 fully saturated rings. The van der Waals surface area contributed by atoms with E-state index in [1.807, 2.05) is 60.7 Å². The molecule has 2 amide bonds. The average molecular weight is 473 g/mol. The van der Waals surface area contributed by atoms with Gasteiger partial charge in [0.15, 0.2) is 0 Å². The van der Waals surface area contributed by atoms with E-state index in [0.717, 1.165) is 30.4 Å². The molecule has 3 aromatic rings. The Morgan fingerprint density at radius 3 is 2.77 bits per heavy atom. The molecule has 1 saturated heterocycles. The molecule has 2 aliphatic heterocycles. The van der Waals surface area contributed by atoms with E-state index in [0.29, 0.717) is 44.0 Å². The summed E-state index contributed by atoms with van der Waals surface area (Å²) in [5, 5.41) is 7.30. The molecular formula is C28H32N4O3. The standard InChI is InChI=1S/C28H32N4O3/c1-31-18-24(17-29-31)21-8-9-25-26(15-21)35-14-12-23-19-32(13-11-22(23)16-27(33)30-25)28(34)10-7-20-5-3-2-4-6-20/h2-6,8-9,15,17-18,22-23H,7,10-14,16,19H2,1H3,(H,30,33)/t22-,23-/m0/s1. The maximum atomic E-state index is 12.9. The molecule has 0 radical (unpaired) electrons. The Balaban J connectivity index is 1.25. The van der Waals surface area contributed by atoms with Crippen molar-refractivity contribution in [1.82, 2.24) is 14.7 Å². The summed E-state index contributed by atoms with van der Waals surface area (Å²) in [6, 6.07) is 16.0. The zero-order valence-corrected chi connectivity index (χ0v) is 20.2. The van der Waals surface area contributed by atoms with Crippen LogP contribution in [-0.4, -0.2) is 46.2 Å². The molecule has 0 saturated carbocycles. The van der Waals surface area contributed by atoms with Crippen LogP contribution >= 0.6 is 0 Å². The SMILES string of the molecule is Cn1cc(-c2ccc3c(c2)OCC[C@H]2CN(C(=O)CCc4ccccc4)CC[C@H]2CC(=O)N3)cn1. The summed E-state index contributed by atoms with van der Waals surface area (Å²) in [7, 11) is 1.89. The summed E-state index contributed by atoms with van der Waals surface area (Å²) in [5.41, 5.74) is 3.88. The van der Waals surface area contributed by atoms with Crippen molar-refractivity contribution in [3.05, 3.63) is 66.5 Å².